The number of aryl methyl sites for hydroxylation is 1. The third-order valence-electron chi connectivity index (χ3n) is 2.99. The maximum Gasteiger partial charge on any atom is 0.0928 e. The fraction of sp³-hybridized carbons (Fsp3) is 0.769. The van der Waals surface area contributed by atoms with Gasteiger partial charge in [-0.05, 0) is 32.1 Å². The fourth-order valence-corrected chi connectivity index (χ4v) is 3.06. The summed E-state index contributed by atoms with van der Waals surface area (Å²) in [7, 11) is 0. The summed E-state index contributed by atoms with van der Waals surface area (Å²) in [6, 6.07) is 0. The van der Waals surface area contributed by atoms with Gasteiger partial charge in [-0.2, -0.15) is 0 Å². The molecule has 0 saturated carbocycles. The van der Waals surface area contributed by atoms with Crippen LogP contribution in [-0.2, 0) is 21.8 Å². The van der Waals surface area contributed by atoms with Crippen LogP contribution in [-0.4, -0.2) is 30.9 Å². The van der Waals surface area contributed by atoms with E-state index in [4.69, 9.17) is 21.1 Å². The molecule has 1 aromatic heterocycles. The first-order valence-electron chi connectivity index (χ1n) is 6.57. The van der Waals surface area contributed by atoms with Gasteiger partial charge in [0.2, 0.25) is 0 Å². The van der Waals surface area contributed by atoms with E-state index < -0.39 is 0 Å². The predicted octanol–water partition coefficient (Wildman–Crippen LogP) is 3.40. The lowest BCUT2D eigenvalue weighted by Gasteiger charge is -2.09. The SMILES string of the molecule is ClCc1csc(CCCCOCC2CCCO2)n1. The van der Waals surface area contributed by atoms with Crippen molar-refractivity contribution in [1.82, 2.24) is 4.98 Å². The smallest absolute Gasteiger partial charge is 0.0928 e. The van der Waals surface area contributed by atoms with Crippen molar-refractivity contribution in [2.75, 3.05) is 19.8 Å². The van der Waals surface area contributed by atoms with Gasteiger partial charge < -0.3 is 9.47 Å². The molecular formula is C13H20ClNO2S. The number of ether oxygens (including phenoxy) is 2. The zero-order chi connectivity index (χ0) is 12.6. The number of thiazole rings is 1. The van der Waals surface area contributed by atoms with Crippen molar-refractivity contribution in [3.8, 4) is 0 Å². The first-order chi connectivity index (χ1) is 8.88. The molecule has 1 atom stereocenters. The molecule has 1 saturated heterocycles. The molecule has 2 rings (SSSR count). The quantitative estimate of drug-likeness (QED) is 0.543. The van der Waals surface area contributed by atoms with Crippen molar-refractivity contribution in [2.45, 2.75) is 44.1 Å². The van der Waals surface area contributed by atoms with E-state index in [2.05, 4.69) is 4.98 Å². The van der Waals surface area contributed by atoms with Gasteiger partial charge in [0.25, 0.3) is 0 Å². The molecule has 0 N–H and O–H groups in total. The average molecular weight is 290 g/mol. The van der Waals surface area contributed by atoms with E-state index in [0.717, 1.165) is 51.2 Å². The van der Waals surface area contributed by atoms with Gasteiger partial charge in [-0.25, -0.2) is 4.98 Å². The number of alkyl halides is 1. The van der Waals surface area contributed by atoms with Crippen LogP contribution in [0.5, 0.6) is 0 Å². The summed E-state index contributed by atoms with van der Waals surface area (Å²) >= 11 is 7.42. The highest BCUT2D eigenvalue weighted by molar-refractivity contribution is 7.09. The molecule has 1 aliphatic heterocycles. The Balaban J connectivity index is 1.48. The van der Waals surface area contributed by atoms with Crippen LogP contribution in [0.2, 0.25) is 0 Å². The van der Waals surface area contributed by atoms with Gasteiger partial charge in [-0.3, -0.25) is 0 Å². The number of unbranched alkanes of at least 4 members (excludes halogenated alkanes) is 1. The van der Waals surface area contributed by atoms with E-state index in [1.165, 1.54) is 11.4 Å². The lowest BCUT2D eigenvalue weighted by atomic mass is 10.2. The van der Waals surface area contributed by atoms with Gasteiger partial charge in [0.1, 0.15) is 0 Å². The zero-order valence-electron chi connectivity index (χ0n) is 10.6. The minimum Gasteiger partial charge on any atom is -0.379 e. The highest BCUT2D eigenvalue weighted by Gasteiger charge is 2.14. The molecule has 0 bridgehead atoms. The maximum atomic E-state index is 5.72. The van der Waals surface area contributed by atoms with E-state index in [1.807, 2.05) is 5.38 Å². The van der Waals surface area contributed by atoms with Crippen LogP contribution in [0.1, 0.15) is 36.4 Å². The second-order valence-corrected chi connectivity index (χ2v) is 5.74. The van der Waals surface area contributed by atoms with Crippen molar-refractivity contribution < 1.29 is 9.47 Å². The first-order valence-corrected chi connectivity index (χ1v) is 7.98. The number of hydrogen-bond acceptors (Lipinski definition) is 4. The highest BCUT2D eigenvalue weighted by atomic mass is 35.5. The fourth-order valence-electron chi connectivity index (χ4n) is 2.00. The second-order valence-electron chi connectivity index (χ2n) is 4.53. The second kappa shape index (κ2) is 8.10. The van der Waals surface area contributed by atoms with Gasteiger partial charge in [-0.1, -0.05) is 0 Å². The van der Waals surface area contributed by atoms with Crippen molar-refractivity contribution in [1.29, 1.82) is 0 Å². The molecule has 0 aromatic carbocycles. The first kappa shape index (κ1) is 14.3. The number of rotatable bonds is 8. The van der Waals surface area contributed by atoms with Crippen molar-refractivity contribution >= 4 is 22.9 Å². The summed E-state index contributed by atoms with van der Waals surface area (Å²) in [5.74, 6) is 0.515. The summed E-state index contributed by atoms with van der Waals surface area (Å²) < 4.78 is 11.1. The third kappa shape index (κ3) is 4.84. The van der Waals surface area contributed by atoms with Gasteiger partial charge in [0.15, 0.2) is 0 Å². The molecule has 0 spiro atoms. The molecule has 0 amide bonds. The van der Waals surface area contributed by atoms with Gasteiger partial charge >= 0.3 is 0 Å². The summed E-state index contributed by atoms with van der Waals surface area (Å²) in [5, 5.41) is 3.22. The van der Waals surface area contributed by atoms with Crippen LogP contribution >= 0.6 is 22.9 Å². The minimum atomic E-state index is 0.343. The zero-order valence-corrected chi connectivity index (χ0v) is 12.1. The molecular weight excluding hydrogens is 270 g/mol. The molecule has 2 heterocycles. The minimum absolute atomic E-state index is 0.343. The van der Waals surface area contributed by atoms with E-state index in [0.29, 0.717) is 12.0 Å². The van der Waals surface area contributed by atoms with Gasteiger partial charge in [0, 0.05) is 18.6 Å². The Morgan fingerprint density at radius 1 is 1.50 bits per heavy atom. The van der Waals surface area contributed by atoms with Gasteiger partial charge in [0.05, 0.1) is 29.3 Å². The molecule has 1 unspecified atom stereocenters. The predicted molar refractivity (Wildman–Crippen MR) is 74.4 cm³/mol. The van der Waals surface area contributed by atoms with Crippen LogP contribution in [0, 0.1) is 0 Å². The topological polar surface area (TPSA) is 31.4 Å². The molecule has 18 heavy (non-hydrogen) atoms. The Morgan fingerprint density at radius 2 is 2.44 bits per heavy atom. The van der Waals surface area contributed by atoms with Gasteiger partial charge in [-0.15, -0.1) is 22.9 Å². The molecule has 1 fully saturated rings. The van der Waals surface area contributed by atoms with Crippen LogP contribution in [0.15, 0.2) is 5.38 Å². The Kier molecular flexibility index (Phi) is 6.41. The van der Waals surface area contributed by atoms with Crippen LogP contribution in [0.4, 0.5) is 0 Å². The largest absolute Gasteiger partial charge is 0.379 e. The Bertz CT molecular complexity index is 339. The van der Waals surface area contributed by atoms with Crippen LogP contribution < -0.4 is 0 Å². The molecule has 0 aliphatic carbocycles. The summed E-state index contributed by atoms with van der Waals surface area (Å²) in [5.41, 5.74) is 0.992. The number of aromatic nitrogens is 1. The van der Waals surface area contributed by atoms with Crippen LogP contribution in [0.25, 0.3) is 0 Å². The maximum absolute atomic E-state index is 5.72. The summed E-state index contributed by atoms with van der Waals surface area (Å²) in [4.78, 5) is 4.44. The normalized spacial score (nSPS) is 19.5. The standard InChI is InChI=1S/C13H20ClNO2S/c14-8-11-10-18-13(15-11)5-1-2-6-16-9-12-4-3-7-17-12/h10,12H,1-9H2. The number of nitrogens with zero attached hydrogens (tertiary/aromatic N) is 1. The van der Waals surface area contributed by atoms with Crippen LogP contribution in [0.3, 0.4) is 0 Å². The lowest BCUT2D eigenvalue weighted by molar-refractivity contribution is 0.0162. The monoisotopic (exact) mass is 289 g/mol. The Morgan fingerprint density at radius 3 is 3.17 bits per heavy atom. The van der Waals surface area contributed by atoms with E-state index in [1.54, 1.807) is 11.3 Å². The van der Waals surface area contributed by atoms with E-state index in [9.17, 15) is 0 Å². The molecule has 1 aliphatic rings. The molecule has 3 nitrogen and oxygen atoms in total. The Labute approximate surface area is 117 Å². The lowest BCUT2D eigenvalue weighted by Crippen LogP contribution is -2.14. The number of halogens is 1. The van der Waals surface area contributed by atoms with Crippen molar-refractivity contribution in [2.24, 2.45) is 0 Å². The third-order valence-corrected chi connectivity index (χ3v) is 4.22. The molecule has 5 heteroatoms. The molecule has 1 aromatic rings. The molecule has 0 radical (unpaired) electrons. The van der Waals surface area contributed by atoms with Crippen molar-refractivity contribution in [3.63, 3.8) is 0 Å². The van der Waals surface area contributed by atoms with E-state index >= 15 is 0 Å². The molecule has 102 valence electrons. The van der Waals surface area contributed by atoms with Crippen molar-refractivity contribution in [3.05, 3.63) is 16.1 Å². The van der Waals surface area contributed by atoms with E-state index in [-0.39, 0.29) is 0 Å². The summed E-state index contributed by atoms with van der Waals surface area (Å²) in [6.45, 7) is 2.49. The summed E-state index contributed by atoms with van der Waals surface area (Å²) in [6.07, 6.45) is 5.92. The highest BCUT2D eigenvalue weighted by Crippen LogP contribution is 2.15. The number of hydrogen-bond donors (Lipinski definition) is 0. The average Bonchev–Trinajstić information content (AvgIpc) is 3.04. The Hall–Kier alpha value is -0.160.